The number of imidazole rings is 1. The molecule has 0 saturated carbocycles. The molecule has 194 valence electrons. The van der Waals surface area contributed by atoms with Crippen molar-refractivity contribution in [3.8, 4) is 29.5 Å². The van der Waals surface area contributed by atoms with E-state index in [-0.39, 0.29) is 23.5 Å². The second-order valence-electron chi connectivity index (χ2n) is 8.90. The molecule has 0 aliphatic heterocycles. The van der Waals surface area contributed by atoms with Crippen LogP contribution in [0, 0.1) is 18.3 Å². The average Bonchev–Trinajstić information content (AvgIpc) is 3.25. The Bertz CT molecular complexity index is 1730. The van der Waals surface area contributed by atoms with Crippen LogP contribution in [0.2, 0.25) is 5.02 Å². The second kappa shape index (κ2) is 10.8. The van der Waals surface area contributed by atoms with Gasteiger partial charge in [-0.05, 0) is 42.8 Å². The molecule has 2 heterocycles. The molecule has 0 aliphatic carbocycles. The zero-order valence-corrected chi connectivity index (χ0v) is 22.2. The van der Waals surface area contributed by atoms with Crippen LogP contribution in [0.25, 0.3) is 11.2 Å². The van der Waals surface area contributed by atoms with Crippen LogP contribution < -0.4 is 9.47 Å². The highest BCUT2D eigenvalue weighted by Crippen LogP contribution is 2.34. The number of amides is 1. The third-order valence-electron chi connectivity index (χ3n) is 5.88. The lowest BCUT2D eigenvalue weighted by molar-refractivity contribution is 0.0827. The van der Waals surface area contributed by atoms with Crippen LogP contribution in [0.4, 0.5) is 0 Å². The Morgan fingerprint density at radius 3 is 2.54 bits per heavy atom. The third-order valence-corrected chi connectivity index (χ3v) is 6.19. The zero-order valence-electron chi connectivity index (χ0n) is 21.4. The molecule has 3 aromatic carbocycles. The fraction of sp³-hybridized carbons (Fsp3) is 0.138. The van der Waals surface area contributed by atoms with Crippen LogP contribution in [0.5, 0.6) is 23.4 Å². The van der Waals surface area contributed by atoms with E-state index in [0.29, 0.717) is 45.4 Å². The lowest BCUT2D eigenvalue weighted by Gasteiger charge is -2.13. The van der Waals surface area contributed by atoms with E-state index in [1.807, 2.05) is 41.8 Å². The van der Waals surface area contributed by atoms with E-state index in [1.165, 1.54) is 11.0 Å². The fourth-order valence-corrected chi connectivity index (χ4v) is 4.11. The van der Waals surface area contributed by atoms with Crippen molar-refractivity contribution in [1.82, 2.24) is 24.4 Å². The van der Waals surface area contributed by atoms with E-state index in [9.17, 15) is 10.1 Å². The van der Waals surface area contributed by atoms with Gasteiger partial charge < -0.3 is 18.9 Å². The Kier molecular flexibility index (Phi) is 7.12. The first-order valence-corrected chi connectivity index (χ1v) is 12.4. The predicted molar refractivity (Wildman–Crippen MR) is 146 cm³/mol. The molecule has 0 spiro atoms. The van der Waals surface area contributed by atoms with Gasteiger partial charge in [-0.15, -0.1) is 0 Å². The summed E-state index contributed by atoms with van der Waals surface area (Å²) in [6.07, 6.45) is 0. The van der Waals surface area contributed by atoms with Crippen molar-refractivity contribution in [3.63, 3.8) is 0 Å². The van der Waals surface area contributed by atoms with E-state index < -0.39 is 0 Å². The van der Waals surface area contributed by atoms with Gasteiger partial charge in [-0.1, -0.05) is 48.0 Å². The molecule has 0 atom stereocenters. The SMILES string of the molecule is Cc1nc2c(Oc3cccc(C(=O)N(C)C)c3)nc(Oc3cc(C#N)ccc3Cl)nc2n1Cc1ccccc1. The number of hydrogen-bond acceptors (Lipinski definition) is 7. The van der Waals surface area contributed by atoms with Gasteiger partial charge in [-0.3, -0.25) is 4.79 Å². The summed E-state index contributed by atoms with van der Waals surface area (Å²) in [5, 5.41) is 9.60. The highest BCUT2D eigenvalue weighted by Gasteiger charge is 2.20. The van der Waals surface area contributed by atoms with Crippen molar-refractivity contribution in [3.05, 3.63) is 100 Å². The highest BCUT2D eigenvalue weighted by molar-refractivity contribution is 6.32. The fourth-order valence-electron chi connectivity index (χ4n) is 3.95. The molecule has 0 unspecified atom stereocenters. The molecule has 1 amide bonds. The summed E-state index contributed by atoms with van der Waals surface area (Å²) in [5.74, 6) is 1.31. The lowest BCUT2D eigenvalue weighted by Crippen LogP contribution is -2.21. The van der Waals surface area contributed by atoms with E-state index in [2.05, 4.69) is 16.0 Å². The summed E-state index contributed by atoms with van der Waals surface area (Å²) < 4.78 is 14.1. The number of nitriles is 1. The van der Waals surface area contributed by atoms with E-state index in [0.717, 1.165) is 5.56 Å². The molecule has 39 heavy (non-hydrogen) atoms. The number of ether oxygens (including phenoxy) is 2. The van der Waals surface area contributed by atoms with Gasteiger partial charge in [-0.2, -0.15) is 15.2 Å². The second-order valence-corrected chi connectivity index (χ2v) is 9.31. The van der Waals surface area contributed by atoms with Crippen molar-refractivity contribution in [2.75, 3.05) is 14.1 Å². The zero-order chi connectivity index (χ0) is 27.5. The van der Waals surface area contributed by atoms with Crippen molar-refractivity contribution in [2.45, 2.75) is 13.5 Å². The van der Waals surface area contributed by atoms with Gasteiger partial charge in [0.2, 0.25) is 0 Å². The molecule has 5 rings (SSSR count). The number of halogens is 1. The molecule has 0 N–H and O–H groups in total. The smallest absolute Gasteiger partial charge is 0.327 e. The van der Waals surface area contributed by atoms with Crippen molar-refractivity contribution in [2.24, 2.45) is 0 Å². The molecule has 5 aromatic rings. The molecule has 0 saturated heterocycles. The Morgan fingerprint density at radius 1 is 1.00 bits per heavy atom. The number of benzene rings is 3. The first-order chi connectivity index (χ1) is 18.8. The van der Waals surface area contributed by atoms with Crippen LogP contribution in [0.1, 0.15) is 27.3 Å². The predicted octanol–water partition coefficient (Wildman–Crippen LogP) is 5.99. The number of fused-ring (bicyclic) bond motifs is 1. The molecule has 10 heteroatoms. The molecule has 0 fully saturated rings. The van der Waals surface area contributed by atoms with Gasteiger partial charge in [0.25, 0.3) is 11.8 Å². The van der Waals surface area contributed by atoms with E-state index >= 15 is 0 Å². The first kappa shape index (κ1) is 25.7. The number of aryl methyl sites for hydroxylation is 1. The maximum Gasteiger partial charge on any atom is 0.327 e. The molecule has 0 radical (unpaired) electrons. The van der Waals surface area contributed by atoms with E-state index in [1.54, 1.807) is 50.5 Å². The Morgan fingerprint density at radius 2 is 1.79 bits per heavy atom. The number of aromatic nitrogens is 4. The Labute approximate surface area is 229 Å². The minimum absolute atomic E-state index is 0.0378. The van der Waals surface area contributed by atoms with Crippen molar-refractivity contribution < 1.29 is 14.3 Å². The van der Waals surface area contributed by atoms with Crippen LogP contribution in [0.15, 0.2) is 72.8 Å². The average molecular weight is 539 g/mol. The normalized spacial score (nSPS) is 10.7. The summed E-state index contributed by atoms with van der Waals surface area (Å²) in [5.41, 5.74) is 2.81. The lowest BCUT2D eigenvalue weighted by atomic mass is 10.2. The van der Waals surface area contributed by atoms with Gasteiger partial charge in [0.05, 0.1) is 23.2 Å². The maximum absolute atomic E-state index is 12.5. The topological polar surface area (TPSA) is 106 Å². The molecule has 2 aromatic heterocycles. The maximum atomic E-state index is 12.5. The minimum Gasteiger partial charge on any atom is -0.437 e. The van der Waals surface area contributed by atoms with Crippen LogP contribution in [0.3, 0.4) is 0 Å². The summed E-state index contributed by atoms with van der Waals surface area (Å²) in [4.78, 5) is 27.8. The largest absolute Gasteiger partial charge is 0.437 e. The Balaban J connectivity index is 1.62. The van der Waals surface area contributed by atoms with Gasteiger partial charge in [-0.25, -0.2) is 4.98 Å². The van der Waals surface area contributed by atoms with Gasteiger partial charge in [0, 0.05) is 25.7 Å². The van der Waals surface area contributed by atoms with E-state index in [4.69, 9.17) is 26.1 Å². The summed E-state index contributed by atoms with van der Waals surface area (Å²) in [7, 11) is 3.37. The Hall–Kier alpha value is -4.94. The first-order valence-electron chi connectivity index (χ1n) is 12.0. The van der Waals surface area contributed by atoms with Gasteiger partial charge in [0.15, 0.2) is 16.9 Å². The number of rotatable bonds is 7. The number of nitrogens with zero attached hydrogens (tertiary/aromatic N) is 6. The molecule has 0 aliphatic rings. The highest BCUT2D eigenvalue weighted by atomic mass is 35.5. The minimum atomic E-state index is -0.160. The monoisotopic (exact) mass is 538 g/mol. The summed E-state index contributed by atoms with van der Waals surface area (Å²) in [6.45, 7) is 2.38. The number of carbonyl (C=O) groups is 1. The van der Waals surface area contributed by atoms with Crippen molar-refractivity contribution in [1.29, 1.82) is 5.26 Å². The summed E-state index contributed by atoms with van der Waals surface area (Å²) in [6, 6.07) is 23.4. The molecular formula is C29H23ClN6O3. The summed E-state index contributed by atoms with van der Waals surface area (Å²) >= 11 is 6.33. The third kappa shape index (κ3) is 5.51. The molecular weight excluding hydrogens is 516 g/mol. The number of hydrogen-bond donors (Lipinski definition) is 0. The molecule has 9 nitrogen and oxygen atoms in total. The van der Waals surface area contributed by atoms with Gasteiger partial charge >= 0.3 is 6.01 Å². The van der Waals surface area contributed by atoms with Crippen LogP contribution >= 0.6 is 11.6 Å². The van der Waals surface area contributed by atoms with Crippen LogP contribution in [-0.4, -0.2) is 44.4 Å². The number of carbonyl (C=O) groups excluding carboxylic acids is 1. The molecule has 0 bridgehead atoms. The standard InChI is InChI=1S/C29H23ClN6O3/c1-18-32-25-26(36(18)17-19-8-5-4-6-9-19)33-29(39-24-14-20(16-31)12-13-23(24)30)34-27(25)38-22-11-7-10-21(15-22)28(37)35(2)3/h4-15H,17H2,1-3H3. The van der Waals surface area contributed by atoms with Gasteiger partial charge in [0.1, 0.15) is 11.6 Å². The van der Waals surface area contributed by atoms with Crippen LogP contribution in [-0.2, 0) is 6.54 Å². The quantitative estimate of drug-likeness (QED) is 0.250. The van der Waals surface area contributed by atoms with Crippen molar-refractivity contribution >= 4 is 28.7 Å².